The normalized spacial score (nSPS) is 26.6. The van der Waals surface area contributed by atoms with Crippen LogP contribution in [-0.4, -0.2) is 67.0 Å². The van der Waals surface area contributed by atoms with Gasteiger partial charge >= 0.3 is 6.03 Å². The molecule has 0 bridgehead atoms. The van der Waals surface area contributed by atoms with Crippen molar-refractivity contribution in [3.63, 3.8) is 0 Å². The lowest BCUT2D eigenvalue weighted by molar-refractivity contribution is -0.129. The first-order valence-electron chi connectivity index (χ1n) is 8.80. The van der Waals surface area contributed by atoms with Gasteiger partial charge in [-0.25, -0.2) is 18.1 Å². The fraction of sp³-hybridized carbons (Fsp3) is 0.875. The van der Waals surface area contributed by atoms with Crippen LogP contribution in [-0.2, 0) is 14.6 Å². The largest absolute Gasteiger partial charge is 0.326 e. The third-order valence-electron chi connectivity index (χ3n) is 4.66. The molecule has 7 nitrogen and oxygen atoms in total. The van der Waals surface area contributed by atoms with Crippen molar-refractivity contribution >= 4 is 21.8 Å². The summed E-state index contributed by atoms with van der Waals surface area (Å²) in [6, 6.07) is -0.933. The van der Waals surface area contributed by atoms with Crippen LogP contribution >= 0.6 is 0 Å². The maximum atomic E-state index is 12.5. The molecule has 2 heterocycles. The predicted molar refractivity (Wildman–Crippen MR) is 92.2 cm³/mol. The number of rotatable bonds is 8. The Kier molecular flexibility index (Phi) is 6.25. The Bertz CT molecular complexity index is 576. The van der Waals surface area contributed by atoms with Gasteiger partial charge in [-0.15, -0.1) is 0 Å². The molecule has 2 atom stereocenters. The lowest BCUT2D eigenvalue weighted by Crippen LogP contribution is -2.47. The smallest absolute Gasteiger partial charge is 0.325 e. The van der Waals surface area contributed by atoms with E-state index >= 15 is 0 Å². The number of unbranched alkanes of at least 4 members (excludes halogenated alkanes) is 1. The quantitative estimate of drug-likeness (QED) is 0.658. The lowest BCUT2D eigenvalue weighted by Gasteiger charge is -2.30. The summed E-state index contributed by atoms with van der Waals surface area (Å²) in [5.74, 6) is 0.429. The Morgan fingerprint density at radius 3 is 2.58 bits per heavy atom. The summed E-state index contributed by atoms with van der Waals surface area (Å²) in [4.78, 5) is 27.9. The molecule has 0 aliphatic carbocycles. The standard InChI is InChI=1S/C16H29N3O4S/c1-4-5-7-18(13-6-8-24(22,23)10-13)11-19-15(20)14(9-12(2)3)17-16(19)21/h12-14H,4-11H2,1-3H3,(H,17,21). The van der Waals surface area contributed by atoms with E-state index in [2.05, 4.69) is 12.2 Å². The summed E-state index contributed by atoms with van der Waals surface area (Å²) >= 11 is 0. The maximum absolute atomic E-state index is 12.5. The average molecular weight is 359 g/mol. The number of amides is 3. The van der Waals surface area contributed by atoms with Gasteiger partial charge in [-0.05, 0) is 25.2 Å². The van der Waals surface area contributed by atoms with Crippen molar-refractivity contribution in [2.45, 2.75) is 58.5 Å². The SMILES string of the molecule is CCCCN(CN1C(=O)NC(CC(C)C)C1=O)C1CCS(=O)(=O)C1. The monoisotopic (exact) mass is 359 g/mol. The van der Waals surface area contributed by atoms with Crippen molar-refractivity contribution < 1.29 is 18.0 Å². The summed E-state index contributed by atoms with van der Waals surface area (Å²) in [5, 5.41) is 2.75. The summed E-state index contributed by atoms with van der Waals surface area (Å²) in [6.07, 6.45) is 3.08. The van der Waals surface area contributed by atoms with Gasteiger partial charge in [0.05, 0.1) is 18.2 Å². The zero-order valence-electron chi connectivity index (χ0n) is 14.8. The molecule has 0 radical (unpaired) electrons. The van der Waals surface area contributed by atoms with Gasteiger partial charge in [-0.1, -0.05) is 27.2 Å². The van der Waals surface area contributed by atoms with Crippen LogP contribution in [0.5, 0.6) is 0 Å². The van der Waals surface area contributed by atoms with Gasteiger partial charge in [0, 0.05) is 12.6 Å². The van der Waals surface area contributed by atoms with E-state index in [1.54, 1.807) is 0 Å². The van der Waals surface area contributed by atoms with Crippen molar-refractivity contribution in [2.24, 2.45) is 5.92 Å². The molecule has 0 spiro atoms. The Hall–Kier alpha value is -1.15. The first-order chi connectivity index (χ1) is 11.2. The number of urea groups is 1. The Balaban J connectivity index is 2.05. The van der Waals surface area contributed by atoms with Crippen molar-refractivity contribution in [3.05, 3.63) is 0 Å². The summed E-state index contributed by atoms with van der Waals surface area (Å²) in [6.45, 7) is 6.97. The van der Waals surface area contributed by atoms with E-state index in [0.717, 1.165) is 12.8 Å². The number of carbonyl (C=O) groups is 2. The number of hydrogen-bond donors (Lipinski definition) is 1. The van der Waals surface area contributed by atoms with Crippen LogP contribution in [0.15, 0.2) is 0 Å². The van der Waals surface area contributed by atoms with Gasteiger partial charge in [-0.2, -0.15) is 0 Å². The molecule has 2 saturated heterocycles. The molecule has 2 fully saturated rings. The Morgan fingerprint density at radius 2 is 2.04 bits per heavy atom. The fourth-order valence-corrected chi connectivity index (χ4v) is 5.08. The van der Waals surface area contributed by atoms with E-state index in [-0.39, 0.29) is 36.2 Å². The molecule has 0 saturated carbocycles. The minimum Gasteiger partial charge on any atom is -0.326 e. The van der Waals surface area contributed by atoms with Crippen LogP contribution < -0.4 is 5.32 Å². The molecule has 138 valence electrons. The van der Waals surface area contributed by atoms with Crippen molar-refractivity contribution in [2.75, 3.05) is 24.7 Å². The van der Waals surface area contributed by atoms with E-state index in [1.165, 1.54) is 4.90 Å². The highest BCUT2D eigenvalue weighted by Crippen LogP contribution is 2.21. The van der Waals surface area contributed by atoms with Crippen LogP contribution in [0.25, 0.3) is 0 Å². The first-order valence-corrected chi connectivity index (χ1v) is 10.6. The average Bonchev–Trinajstić information content (AvgIpc) is 2.96. The topological polar surface area (TPSA) is 86.8 Å². The van der Waals surface area contributed by atoms with Gasteiger partial charge in [0.25, 0.3) is 5.91 Å². The maximum Gasteiger partial charge on any atom is 0.325 e. The number of nitrogens with one attached hydrogen (secondary N) is 1. The lowest BCUT2D eigenvalue weighted by atomic mass is 10.0. The van der Waals surface area contributed by atoms with Crippen LogP contribution in [0.4, 0.5) is 4.79 Å². The summed E-state index contributed by atoms with van der Waals surface area (Å²) < 4.78 is 23.5. The van der Waals surface area contributed by atoms with Gasteiger partial charge < -0.3 is 5.32 Å². The fourth-order valence-electron chi connectivity index (χ4n) is 3.32. The minimum absolute atomic E-state index is 0.105. The molecule has 3 amide bonds. The molecule has 2 aliphatic heterocycles. The van der Waals surface area contributed by atoms with E-state index in [1.807, 2.05) is 18.7 Å². The number of carbonyl (C=O) groups excluding carboxylic acids is 2. The van der Waals surface area contributed by atoms with Crippen molar-refractivity contribution in [1.29, 1.82) is 0 Å². The van der Waals surface area contributed by atoms with Gasteiger partial charge in [0.1, 0.15) is 6.04 Å². The van der Waals surface area contributed by atoms with Crippen molar-refractivity contribution in [3.8, 4) is 0 Å². The van der Waals surface area contributed by atoms with E-state index in [4.69, 9.17) is 0 Å². The highest BCUT2D eigenvalue weighted by molar-refractivity contribution is 7.91. The molecular weight excluding hydrogens is 330 g/mol. The third kappa shape index (κ3) is 4.69. The molecule has 2 aliphatic rings. The molecule has 0 aromatic carbocycles. The summed E-state index contributed by atoms with van der Waals surface area (Å²) in [5.41, 5.74) is 0. The third-order valence-corrected chi connectivity index (χ3v) is 6.41. The van der Waals surface area contributed by atoms with Gasteiger partial charge in [0.15, 0.2) is 9.84 Å². The number of imide groups is 1. The second kappa shape index (κ2) is 7.82. The number of hydrogen-bond acceptors (Lipinski definition) is 5. The highest BCUT2D eigenvalue weighted by atomic mass is 32.2. The predicted octanol–water partition coefficient (Wildman–Crippen LogP) is 1.20. The van der Waals surface area contributed by atoms with Crippen LogP contribution in [0, 0.1) is 5.92 Å². The van der Waals surface area contributed by atoms with E-state index < -0.39 is 15.9 Å². The zero-order valence-corrected chi connectivity index (χ0v) is 15.6. The number of nitrogens with zero attached hydrogens (tertiary/aromatic N) is 2. The zero-order chi connectivity index (χ0) is 17.9. The molecule has 1 N–H and O–H groups in total. The molecule has 2 unspecified atom stereocenters. The molecular formula is C16H29N3O4S. The molecule has 8 heteroatoms. The second-order valence-corrected chi connectivity index (χ2v) is 9.49. The van der Waals surface area contributed by atoms with Crippen LogP contribution in [0.2, 0.25) is 0 Å². The summed E-state index contributed by atoms with van der Waals surface area (Å²) in [7, 11) is -3.00. The van der Waals surface area contributed by atoms with Gasteiger partial charge in [0.2, 0.25) is 0 Å². The van der Waals surface area contributed by atoms with Crippen molar-refractivity contribution in [1.82, 2.24) is 15.1 Å². The first kappa shape index (κ1) is 19.2. The van der Waals surface area contributed by atoms with E-state index in [0.29, 0.717) is 25.3 Å². The highest BCUT2D eigenvalue weighted by Gasteiger charge is 2.41. The molecule has 2 rings (SSSR count). The number of sulfone groups is 1. The van der Waals surface area contributed by atoms with E-state index in [9.17, 15) is 18.0 Å². The Labute approximate surface area is 144 Å². The molecule has 0 aromatic heterocycles. The van der Waals surface area contributed by atoms with Gasteiger partial charge in [-0.3, -0.25) is 9.69 Å². The Morgan fingerprint density at radius 1 is 1.33 bits per heavy atom. The second-order valence-electron chi connectivity index (χ2n) is 7.26. The molecule has 0 aromatic rings. The molecule has 24 heavy (non-hydrogen) atoms. The van der Waals surface area contributed by atoms with Crippen LogP contribution in [0.3, 0.4) is 0 Å². The minimum atomic E-state index is -3.00. The van der Waals surface area contributed by atoms with Crippen LogP contribution in [0.1, 0.15) is 46.5 Å².